The molecule has 1 saturated heterocycles. The van der Waals surface area contributed by atoms with Crippen LogP contribution in [0.1, 0.15) is 54.7 Å². The number of nitrogens with zero attached hydrogens (tertiary/aromatic N) is 1. The maximum Gasteiger partial charge on any atom is 0.263 e. The second kappa shape index (κ2) is 11.8. The molecule has 1 fully saturated rings. The number of piperidine rings is 1. The highest BCUT2D eigenvalue weighted by atomic mass is 16.5. The van der Waals surface area contributed by atoms with Gasteiger partial charge in [0.15, 0.2) is 0 Å². The zero-order valence-electron chi connectivity index (χ0n) is 18.3. The topological polar surface area (TPSA) is 105 Å². The maximum atomic E-state index is 11.6. The van der Waals surface area contributed by atoms with E-state index in [0.717, 1.165) is 17.7 Å². The van der Waals surface area contributed by atoms with Crippen molar-refractivity contribution in [2.24, 2.45) is 0 Å². The normalized spacial score (nSPS) is 17.0. The lowest BCUT2D eigenvalue weighted by molar-refractivity contribution is -0.135. The monoisotopic (exact) mass is 437 g/mol. The summed E-state index contributed by atoms with van der Waals surface area (Å²) in [5.74, 6) is 5.44. The van der Waals surface area contributed by atoms with Gasteiger partial charge in [0.2, 0.25) is 0 Å². The molecule has 0 aromatic heterocycles. The molecule has 2 aromatic rings. The van der Waals surface area contributed by atoms with Crippen molar-refractivity contribution in [1.29, 1.82) is 0 Å². The summed E-state index contributed by atoms with van der Waals surface area (Å²) < 4.78 is 0. The SMILES string of the molecule is C[C@@H](O)[C@H](NC(O)c1ccc(C#Cc2ccc(CN3CCCCC3)cc2)cc1)C(=O)NO. The predicted octanol–water partition coefficient (Wildman–Crippen LogP) is 1.91. The Hall–Kier alpha value is -2.73. The average molecular weight is 438 g/mol. The number of amides is 1. The lowest BCUT2D eigenvalue weighted by Gasteiger charge is -2.26. The summed E-state index contributed by atoms with van der Waals surface area (Å²) in [7, 11) is 0. The molecule has 170 valence electrons. The molecule has 1 aliphatic rings. The average Bonchev–Trinajstić information content (AvgIpc) is 2.82. The van der Waals surface area contributed by atoms with E-state index in [4.69, 9.17) is 5.21 Å². The minimum absolute atomic E-state index is 0.508. The van der Waals surface area contributed by atoms with Crippen LogP contribution in [-0.4, -0.2) is 51.5 Å². The van der Waals surface area contributed by atoms with Crippen molar-refractivity contribution in [3.05, 3.63) is 70.8 Å². The van der Waals surface area contributed by atoms with E-state index in [1.54, 1.807) is 24.3 Å². The van der Waals surface area contributed by atoms with Gasteiger partial charge in [-0.2, -0.15) is 0 Å². The molecule has 1 unspecified atom stereocenters. The Balaban J connectivity index is 1.58. The third kappa shape index (κ3) is 6.89. The summed E-state index contributed by atoms with van der Waals surface area (Å²) >= 11 is 0. The largest absolute Gasteiger partial charge is 0.391 e. The molecular weight excluding hydrogens is 406 g/mol. The smallest absolute Gasteiger partial charge is 0.263 e. The van der Waals surface area contributed by atoms with Gasteiger partial charge in [-0.15, -0.1) is 0 Å². The number of carbonyl (C=O) groups excluding carboxylic acids is 1. The van der Waals surface area contributed by atoms with Gasteiger partial charge in [-0.1, -0.05) is 42.5 Å². The molecule has 0 radical (unpaired) electrons. The molecule has 0 aliphatic carbocycles. The van der Waals surface area contributed by atoms with Gasteiger partial charge in [-0.3, -0.25) is 20.2 Å². The molecule has 0 saturated carbocycles. The van der Waals surface area contributed by atoms with Gasteiger partial charge in [0.1, 0.15) is 12.3 Å². The van der Waals surface area contributed by atoms with Crippen molar-refractivity contribution in [2.75, 3.05) is 13.1 Å². The summed E-state index contributed by atoms with van der Waals surface area (Å²) in [6.07, 6.45) is 1.61. The number of hydroxylamine groups is 1. The first kappa shape index (κ1) is 23.9. The van der Waals surface area contributed by atoms with Crippen LogP contribution < -0.4 is 10.8 Å². The van der Waals surface area contributed by atoms with E-state index in [1.165, 1.54) is 50.3 Å². The van der Waals surface area contributed by atoms with Crippen LogP contribution in [0.4, 0.5) is 0 Å². The number of aliphatic hydroxyl groups is 2. The van der Waals surface area contributed by atoms with Gasteiger partial charge in [0, 0.05) is 17.7 Å². The highest BCUT2D eigenvalue weighted by molar-refractivity contribution is 5.81. The number of nitrogens with one attached hydrogen (secondary N) is 2. The molecule has 0 spiro atoms. The Morgan fingerprint density at radius 3 is 2.06 bits per heavy atom. The molecule has 1 heterocycles. The van der Waals surface area contributed by atoms with Crippen molar-refractivity contribution in [1.82, 2.24) is 15.7 Å². The van der Waals surface area contributed by atoms with Gasteiger partial charge >= 0.3 is 0 Å². The predicted molar refractivity (Wildman–Crippen MR) is 121 cm³/mol. The quantitative estimate of drug-likeness (QED) is 0.196. The summed E-state index contributed by atoms with van der Waals surface area (Å²) in [4.78, 5) is 14.1. The molecule has 2 aromatic carbocycles. The molecule has 1 aliphatic heterocycles. The number of carbonyl (C=O) groups is 1. The lowest BCUT2D eigenvalue weighted by Crippen LogP contribution is -2.50. The lowest BCUT2D eigenvalue weighted by atomic mass is 10.1. The number of likely N-dealkylation sites (tertiary alicyclic amines) is 1. The fourth-order valence-electron chi connectivity index (χ4n) is 3.73. The zero-order chi connectivity index (χ0) is 22.9. The van der Waals surface area contributed by atoms with Gasteiger partial charge in [0.05, 0.1) is 6.10 Å². The molecule has 5 N–H and O–H groups in total. The molecule has 32 heavy (non-hydrogen) atoms. The Kier molecular flexibility index (Phi) is 8.80. The van der Waals surface area contributed by atoms with Crippen molar-refractivity contribution < 1.29 is 20.2 Å². The number of benzene rings is 2. The summed E-state index contributed by atoms with van der Waals surface area (Å²) in [6, 6.07) is 14.1. The Morgan fingerprint density at radius 2 is 1.53 bits per heavy atom. The van der Waals surface area contributed by atoms with Crippen LogP contribution >= 0.6 is 0 Å². The number of hydrogen-bond donors (Lipinski definition) is 5. The molecule has 7 nitrogen and oxygen atoms in total. The van der Waals surface area contributed by atoms with Gasteiger partial charge in [-0.25, -0.2) is 5.48 Å². The molecule has 3 atom stereocenters. The van der Waals surface area contributed by atoms with Crippen LogP contribution in [-0.2, 0) is 11.3 Å². The van der Waals surface area contributed by atoms with E-state index in [2.05, 4.69) is 34.2 Å². The van der Waals surface area contributed by atoms with Crippen LogP contribution in [0.2, 0.25) is 0 Å². The van der Waals surface area contributed by atoms with E-state index in [-0.39, 0.29) is 0 Å². The first-order chi connectivity index (χ1) is 15.5. The van der Waals surface area contributed by atoms with E-state index in [1.807, 2.05) is 12.1 Å². The van der Waals surface area contributed by atoms with Crippen LogP contribution in [0.25, 0.3) is 0 Å². The number of rotatable bonds is 7. The fraction of sp³-hybridized carbons (Fsp3) is 0.400. The second-order valence-electron chi connectivity index (χ2n) is 8.17. The van der Waals surface area contributed by atoms with Crippen LogP contribution in [0, 0.1) is 11.8 Å². The van der Waals surface area contributed by atoms with E-state index < -0.39 is 24.3 Å². The fourth-order valence-corrected chi connectivity index (χ4v) is 3.73. The van der Waals surface area contributed by atoms with Gasteiger partial charge in [-0.05, 0) is 68.2 Å². The molecule has 1 amide bonds. The standard InChI is InChI=1S/C25H31N3O4/c1-18(29)23(25(31)27-32)26-24(30)22-13-11-20(12-14-22)6-5-19-7-9-21(10-8-19)17-28-15-3-2-4-16-28/h7-14,18,23-24,26,29-30,32H,2-4,15-17H2,1H3,(H,27,31)/t18-,23+,24?/m1/s1. The molecule has 0 bridgehead atoms. The zero-order valence-corrected chi connectivity index (χ0v) is 18.3. The van der Waals surface area contributed by atoms with Crippen LogP contribution in [0.15, 0.2) is 48.5 Å². The van der Waals surface area contributed by atoms with Crippen molar-refractivity contribution in [3.8, 4) is 11.8 Å². The Morgan fingerprint density at radius 1 is 0.969 bits per heavy atom. The first-order valence-corrected chi connectivity index (χ1v) is 11.0. The van der Waals surface area contributed by atoms with Gasteiger partial charge in [0.25, 0.3) is 5.91 Å². The van der Waals surface area contributed by atoms with Crippen molar-refractivity contribution in [2.45, 2.75) is 51.1 Å². The molecule has 7 heteroatoms. The van der Waals surface area contributed by atoms with E-state index in [0.29, 0.717) is 5.56 Å². The number of hydrogen-bond acceptors (Lipinski definition) is 6. The van der Waals surface area contributed by atoms with Crippen molar-refractivity contribution in [3.63, 3.8) is 0 Å². The Labute approximate surface area is 189 Å². The van der Waals surface area contributed by atoms with E-state index >= 15 is 0 Å². The second-order valence-corrected chi connectivity index (χ2v) is 8.17. The van der Waals surface area contributed by atoms with Gasteiger partial charge < -0.3 is 10.2 Å². The summed E-state index contributed by atoms with van der Waals surface area (Å²) in [6.45, 7) is 4.73. The summed E-state index contributed by atoms with van der Waals surface area (Å²) in [5, 5.41) is 31.3. The first-order valence-electron chi connectivity index (χ1n) is 11.0. The Bertz CT molecular complexity index is 926. The van der Waals surface area contributed by atoms with Crippen molar-refractivity contribution >= 4 is 5.91 Å². The molecule has 3 rings (SSSR count). The minimum Gasteiger partial charge on any atom is -0.391 e. The highest BCUT2D eigenvalue weighted by Crippen LogP contribution is 2.15. The summed E-state index contributed by atoms with van der Waals surface area (Å²) in [5.41, 5.74) is 5.01. The third-order valence-electron chi connectivity index (χ3n) is 5.60. The maximum absolute atomic E-state index is 11.6. The molecular formula is C25H31N3O4. The highest BCUT2D eigenvalue weighted by Gasteiger charge is 2.26. The minimum atomic E-state index is -1.19. The number of aliphatic hydroxyl groups excluding tert-OH is 2. The van der Waals surface area contributed by atoms with E-state index in [9.17, 15) is 15.0 Å². The van der Waals surface area contributed by atoms with Crippen LogP contribution in [0.5, 0.6) is 0 Å². The van der Waals surface area contributed by atoms with Crippen LogP contribution in [0.3, 0.4) is 0 Å². The third-order valence-corrected chi connectivity index (χ3v) is 5.60.